The number of fused-ring (bicyclic) bond motifs is 3. The van der Waals surface area contributed by atoms with Gasteiger partial charge in [-0.15, -0.1) is 0 Å². The van der Waals surface area contributed by atoms with E-state index in [2.05, 4.69) is 47.7 Å². The van der Waals surface area contributed by atoms with Crippen LogP contribution in [-0.2, 0) is 19.6 Å². The molecule has 0 saturated heterocycles. The summed E-state index contributed by atoms with van der Waals surface area (Å²) in [7, 11) is 0. The number of benzene rings is 2. The molecule has 1 aliphatic heterocycles. The summed E-state index contributed by atoms with van der Waals surface area (Å²) >= 11 is 0. The largest absolute Gasteiger partial charge is 0.488 e. The number of nitrogens with zero attached hydrogens (tertiary/aromatic N) is 4. The van der Waals surface area contributed by atoms with E-state index in [1.165, 1.54) is 0 Å². The number of hydrogen-bond donors (Lipinski definition) is 0. The van der Waals surface area contributed by atoms with Crippen LogP contribution in [0.25, 0.3) is 16.7 Å². The Bertz CT molecular complexity index is 1420. The molecule has 0 bridgehead atoms. The molecule has 0 aliphatic carbocycles. The lowest BCUT2D eigenvalue weighted by Gasteiger charge is -2.13. The molecule has 5 rings (SSSR count). The Hall–Kier alpha value is -3.91. The molecule has 0 spiro atoms. The van der Waals surface area contributed by atoms with Crippen molar-refractivity contribution in [2.45, 2.75) is 40.3 Å². The maximum absolute atomic E-state index is 9.67. The molecule has 32 heavy (non-hydrogen) atoms. The molecule has 0 fully saturated rings. The Morgan fingerprint density at radius 2 is 2.00 bits per heavy atom. The normalized spacial score (nSPS) is 14.2. The van der Waals surface area contributed by atoms with Crippen LogP contribution in [0.3, 0.4) is 0 Å². The Morgan fingerprint density at radius 1 is 1.16 bits per heavy atom. The summed E-state index contributed by atoms with van der Waals surface area (Å²) in [5.74, 6) is 1.84. The van der Waals surface area contributed by atoms with Crippen LogP contribution < -0.4 is 4.74 Å². The average molecular weight is 421 g/mol. The summed E-state index contributed by atoms with van der Waals surface area (Å²) < 4.78 is 8.35. The molecular weight excluding hydrogens is 396 g/mol. The summed E-state index contributed by atoms with van der Waals surface area (Å²) in [5.41, 5.74) is 8.91. The SMILES string of the molecule is CCc1nc2c(C)ccnc2n1Cc1ccc2c(c1)COc1ccccc1C2=C(C)C#N. The Morgan fingerprint density at radius 3 is 2.81 bits per heavy atom. The standard InChI is InChI=1S/C27H24N4O/c1-4-24-30-26-17(2)11-12-29-27(26)31(24)15-19-9-10-21-20(13-19)16-32-23-8-6-5-7-22(23)25(21)18(3)14-28/h5-13H,4,15-16H2,1-3H3. The number of pyridine rings is 1. The van der Waals surface area contributed by atoms with E-state index >= 15 is 0 Å². The van der Waals surface area contributed by atoms with Gasteiger partial charge in [0, 0.05) is 29.3 Å². The molecule has 0 radical (unpaired) electrons. The van der Waals surface area contributed by atoms with E-state index < -0.39 is 0 Å². The number of aryl methyl sites for hydroxylation is 2. The predicted octanol–water partition coefficient (Wildman–Crippen LogP) is 5.59. The van der Waals surface area contributed by atoms with Crippen LogP contribution in [-0.4, -0.2) is 14.5 Å². The maximum atomic E-state index is 9.67. The second-order valence-corrected chi connectivity index (χ2v) is 8.16. The van der Waals surface area contributed by atoms with Crippen molar-refractivity contribution in [3.8, 4) is 11.8 Å². The van der Waals surface area contributed by atoms with E-state index in [9.17, 15) is 5.26 Å². The van der Waals surface area contributed by atoms with Crippen molar-refractivity contribution >= 4 is 16.7 Å². The molecule has 0 amide bonds. The van der Waals surface area contributed by atoms with Gasteiger partial charge in [-0.1, -0.05) is 37.3 Å². The van der Waals surface area contributed by atoms with Crippen LogP contribution in [0.15, 0.2) is 60.3 Å². The number of ether oxygens (including phenoxy) is 1. The van der Waals surface area contributed by atoms with Gasteiger partial charge in [0.15, 0.2) is 5.65 Å². The molecule has 158 valence electrons. The van der Waals surface area contributed by atoms with Gasteiger partial charge in [0.1, 0.15) is 23.7 Å². The molecule has 0 atom stereocenters. The molecular formula is C27H24N4O. The number of allylic oxidation sites excluding steroid dienone is 1. The molecule has 0 saturated carbocycles. The Balaban J connectivity index is 1.61. The van der Waals surface area contributed by atoms with E-state index in [-0.39, 0.29) is 0 Å². The van der Waals surface area contributed by atoms with Crippen molar-refractivity contribution in [1.29, 1.82) is 5.26 Å². The van der Waals surface area contributed by atoms with Crippen molar-refractivity contribution in [1.82, 2.24) is 14.5 Å². The third-order valence-electron chi connectivity index (χ3n) is 6.09. The first-order chi connectivity index (χ1) is 15.6. The second-order valence-electron chi connectivity index (χ2n) is 8.16. The molecule has 2 aromatic carbocycles. The van der Waals surface area contributed by atoms with Crippen LogP contribution in [0.1, 0.15) is 47.5 Å². The van der Waals surface area contributed by atoms with Crippen molar-refractivity contribution in [3.63, 3.8) is 0 Å². The highest BCUT2D eigenvalue weighted by atomic mass is 16.5. The smallest absolute Gasteiger partial charge is 0.160 e. The first-order valence-electron chi connectivity index (χ1n) is 10.9. The summed E-state index contributed by atoms with van der Waals surface area (Å²) in [6, 6.07) is 18.7. The van der Waals surface area contributed by atoms with Gasteiger partial charge in [-0.05, 0) is 54.3 Å². The Labute approximate surface area is 187 Å². The fraction of sp³-hybridized carbons (Fsp3) is 0.222. The number of aromatic nitrogens is 3. The maximum Gasteiger partial charge on any atom is 0.160 e. The van der Waals surface area contributed by atoms with Gasteiger partial charge < -0.3 is 9.30 Å². The topological polar surface area (TPSA) is 63.7 Å². The molecule has 0 unspecified atom stereocenters. The summed E-state index contributed by atoms with van der Waals surface area (Å²) in [4.78, 5) is 9.45. The third-order valence-corrected chi connectivity index (χ3v) is 6.09. The molecule has 4 aromatic rings. The number of nitriles is 1. The number of imidazole rings is 1. The van der Waals surface area contributed by atoms with Gasteiger partial charge in [-0.3, -0.25) is 0 Å². The molecule has 2 aromatic heterocycles. The lowest BCUT2D eigenvalue weighted by molar-refractivity contribution is 0.307. The third kappa shape index (κ3) is 3.25. The minimum absolute atomic E-state index is 0.463. The molecule has 5 nitrogen and oxygen atoms in total. The molecule has 0 N–H and O–H groups in total. The summed E-state index contributed by atoms with van der Waals surface area (Å²) in [6.45, 7) is 7.21. The van der Waals surface area contributed by atoms with E-state index in [4.69, 9.17) is 9.72 Å². The number of hydrogen-bond acceptors (Lipinski definition) is 4. The zero-order chi connectivity index (χ0) is 22.2. The Kier molecular flexibility index (Phi) is 4.99. The van der Waals surface area contributed by atoms with E-state index in [0.29, 0.717) is 18.7 Å². The van der Waals surface area contributed by atoms with Gasteiger partial charge in [0.2, 0.25) is 0 Å². The van der Waals surface area contributed by atoms with Crippen LogP contribution in [0.2, 0.25) is 0 Å². The molecule has 1 aliphatic rings. The fourth-order valence-electron chi connectivity index (χ4n) is 4.47. The quantitative estimate of drug-likeness (QED) is 0.405. The number of para-hydroxylation sites is 1. The van der Waals surface area contributed by atoms with Gasteiger partial charge >= 0.3 is 0 Å². The highest BCUT2D eigenvalue weighted by molar-refractivity contribution is 5.88. The van der Waals surface area contributed by atoms with Crippen LogP contribution in [0.5, 0.6) is 5.75 Å². The monoisotopic (exact) mass is 420 g/mol. The second kappa shape index (κ2) is 7.97. The van der Waals surface area contributed by atoms with E-state index in [1.54, 1.807) is 0 Å². The van der Waals surface area contributed by atoms with Crippen LogP contribution in [0, 0.1) is 18.3 Å². The highest BCUT2D eigenvalue weighted by Gasteiger charge is 2.22. The van der Waals surface area contributed by atoms with Crippen LogP contribution in [0.4, 0.5) is 0 Å². The average Bonchev–Trinajstić information content (AvgIpc) is 3.09. The minimum atomic E-state index is 0.463. The first-order valence-corrected chi connectivity index (χ1v) is 10.9. The predicted molar refractivity (Wildman–Crippen MR) is 125 cm³/mol. The van der Waals surface area contributed by atoms with Crippen molar-refractivity contribution < 1.29 is 4.74 Å². The lowest BCUT2D eigenvalue weighted by atomic mass is 9.90. The first kappa shape index (κ1) is 20.0. The van der Waals surface area contributed by atoms with Crippen molar-refractivity contribution in [3.05, 3.63) is 93.9 Å². The van der Waals surface area contributed by atoms with Crippen LogP contribution >= 0.6 is 0 Å². The van der Waals surface area contributed by atoms with E-state index in [0.717, 1.165) is 62.5 Å². The minimum Gasteiger partial charge on any atom is -0.488 e. The zero-order valence-electron chi connectivity index (χ0n) is 18.5. The van der Waals surface area contributed by atoms with Crippen molar-refractivity contribution in [2.75, 3.05) is 0 Å². The van der Waals surface area contributed by atoms with Crippen molar-refractivity contribution in [2.24, 2.45) is 0 Å². The fourth-order valence-corrected chi connectivity index (χ4v) is 4.47. The van der Waals surface area contributed by atoms with Gasteiger partial charge in [0.25, 0.3) is 0 Å². The summed E-state index contributed by atoms with van der Waals surface area (Å²) in [6.07, 6.45) is 2.69. The van der Waals surface area contributed by atoms with Gasteiger partial charge in [-0.25, -0.2) is 9.97 Å². The number of rotatable bonds is 3. The lowest BCUT2D eigenvalue weighted by Crippen LogP contribution is -2.07. The molecule has 3 heterocycles. The van der Waals surface area contributed by atoms with E-state index in [1.807, 2.05) is 43.5 Å². The molecule has 5 heteroatoms. The zero-order valence-corrected chi connectivity index (χ0v) is 18.5. The van der Waals surface area contributed by atoms with Gasteiger partial charge in [-0.2, -0.15) is 5.26 Å². The van der Waals surface area contributed by atoms with Gasteiger partial charge in [0.05, 0.1) is 12.6 Å². The summed E-state index contributed by atoms with van der Waals surface area (Å²) in [5, 5.41) is 9.67. The highest BCUT2D eigenvalue weighted by Crippen LogP contribution is 2.38.